The van der Waals surface area contributed by atoms with E-state index in [9.17, 15) is 14.4 Å². The van der Waals surface area contributed by atoms with Crippen LogP contribution in [0, 0.1) is 5.92 Å². The number of amides is 2. The second kappa shape index (κ2) is 7.68. The van der Waals surface area contributed by atoms with Crippen LogP contribution in [0.25, 0.3) is 0 Å². The van der Waals surface area contributed by atoms with Crippen LogP contribution in [0.15, 0.2) is 0 Å². The van der Waals surface area contributed by atoms with Gasteiger partial charge in [-0.15, -0.1) is 0 Å². The smallest absolute Gasteiger partial charge is 0.326 e. The molecule has 1 atom stereocenters. The zero-order valence-electron chi connectivity index (χ0n) is 11.4. The molecule has 0 aliphatic carbocycles. The van der Waals surface area contributed by atoms with Crippen molar-refractivity contribution < 1.29 is 19.5 Å². The van der Waals surface area contributed by atoms with Crippen molar-refractivity contribution in [2.45, 2.75) is 39.2 Å². The molecule has 6 heteroatoms. The molecule has 2 amide bonds. The molecule has 0 aromatic rings. The van der Waals surface area contributed by atoms with Gasteiger partial charge >= 0.3 is 5.97 Å². The Hall–Kier alpha value is -1.59. The highest BCUT2D eigenvalue weighted by atomic mass is 16.4. The van der Waals surface area contributed by atoms with Crippen molar-refractivity contribution in [1.29, 1.82) is 0 Å². The molecule has 0 saturated heterocycles. The first-order valence-electron chi connectivity index (χ1n) is 5.98. The van der Waals surface area contributed by atoms with Crippen LogP contribution in [0.1, 0.15) is 33.1 Å². The van der Waals surface area contributed by atoms with Gasteiger partial charge in [0.25, 0.3) is 0 Å². The summed E-state index contributed by atoms with van der Waals surface area (Å²) in [7, 11) is 3.31. The minimum Gasteiger partial charge on any atom is -0.480 e. The summed E-state index contributed by atoms with van der Waals surface area (Å²) in [6.07, 6.45) is 0.878. The Morgan fingerprint density at radius 3 is 2.11 bits per heavy atom. The third-order valence-corrected chi connectivity index (χ3v) is 2.54. The first-order valence-corrected chi connectivity index (χ1v) is 5.98. The summed E-state index contributed by atoms with van der Waals surface area (Å²) in [4.78, 5) is 35.1. The molecule has 0 bridgehead atoms. The first-order chi connectivity index (χ1) is 8.25. The molecule has 0 radical (unpaired) electrons. The second-order valence-corrected chi connectivity index (χ2v) is 4.77. The Morgan fingerprint density at radius 1 is 1.17 bits per heavy atom. The average molecular weight is 258 g/mol. The summed E-state index contributed by atoms with van der Waals surface area (Å²) < 4.78 is 0. The monoisotopic (exact) mass is 258 g/mol. The third-order valence-electron chi connectivity index (χ3n) is 2.54. The quantitative estimate of drug-likeness (QED) is 0.695. The SMILES string of the molecule is CC(C)C(NC(=O)CCCC(=O)N(C)C)C(=O)O. The first kappa shape index (κ1) is 16.4. The number of rotatable bonds is 7. The standard InChI is InChI=1S/C12H22N2O4/c1-8(2)11(12(17)18)13-9(15)6-5-7-10(16)14(3)4/h8,11H,5-7H2,1-4H3,(H,13,15)(H,17,18). The molecule has 0 aliphatic rings. The van der Waals surface area contributed by atoms with Gasteiger partial charge in [0, 0.05) is 26.9 Å². The van der Waals surface area contributed by atoms with Crippen molar-refractivity contribution in [3.05, 3.63) is 0 Å². The van der Waals surface area contributed by atoms with Gasteiger partial charge in [-0.1, -0.05) is 13.8 Å². The highest BCUT2D eigenvalue weighted by Crippen LogP contribution is 2.04. The molecule has 2 N–H and O–H groups in total. The zero-order valence-corrected chi connectivity index (χ0v) is 11.4. The van der Waals surface area contributed by atoms with Gasteiger partial charge in [0.05, 0.1) is 0 Å². The van der Waals surface area contributed by atoms with Gasteiger partial charge in [-0.2, -0.15) is 0 Å². The van der Waals surface area contributed by atoms with Crippen LogP contribution in [-0.2, 0) is 14.4 Å². The van der Waals surface area contributed by atoms with Crippen molar-refractivity contribution in [2.75, 3.05) is 14.1 Å². The molecule has 0 saturated carbocycles. The van der Waals surface area contributed by atoms with E-state index in [0.717, 1.165) is 0 Å². The molecular weight excluding hydrogens is 236 g/mol. The zero-order chi connectivity index (χ0) is 14.3. The van der Waals surface area contributed by atoms with E-state index >= 15 is 0 Å². The van der Waals surface area contributed by atoms with Crippen molar-refractivity contribution in [1.82, 2.24) is 10.2 Å². The highest BCUT2D eigenvalue weighted by Gasteiger charge is 2.23. The van der Waals surface area contributed by atoms with Gasteiger partial charge in [-0.05, 0) is 12.3 Å². The van der Waals surface area contributed by atoms with E-state index in [4.69, 9.17) is 5.11 Å². The van der Waals surface area contributed by atoms with E-state index in [2.05, 4.69) is 5.32 Å². The molecule has 104 valence electrons. The Morgan fingerprint density at radius 2 is 1.72 bits per heavy atom. The van der Waals surface area contributed by atoms with Gasteiger partial charge in [0.15, 0.2) is 0 Å². The van der Waals surface area contributed by atoms with Crippen molar-refractivity contribution in [3.8, 4) is 0 Å². The molecule has 0 rings (SSSR count). The van der Waals surface area contributed by atoms with Gasteiger partial charge in [0.2, 0.25) is 11.8 Å². The molecule has 0 heterocycles. The van der Waals surface area contributed by atoms with Crippen LogP contribution in [0.2, 0.25) is 0 Å². The number of hydrogen-bond donors (Lipinski definition) is 2. The number of nitrogens with zero attached hydrogens (tertiary/aromatic N) is 1. The van der Waals surface area contributed by atoms with E-state index in [-0.39, 0.29) is 24.2 Å². The van der Waals surface area contributed by atoms with E-state index in [1.165, 1.54) is 4.90 Å². The topological polar surface area (TPSA) is 86.7 Å². The lowest BCUT2D eigenvalue weighted by Crippen LogP contribution is -2.44. The Balaban J connectivity index is 4.04. The van der Waals surface area contributed by atoms with Crippen LogP contribution in [-0.4, -0.2) is 47.9 Å². The molecule has 18 heavy (non-hydrogen) atoms. The van der Waals surface area contributed by atoms with E-state index < -0.39 is 12.0 Å². The van der Waals surface area contributed by atoms with Crippen LogP contribution >= 0.6 is 0 Å². The number of hydrogen-bond acceptors (Lipinski definition) is 3. The predicted molar refractivity (Wildman–Crippen MR) is 66.9 cm³/mol. The number of carboxylic acids is 1. The van der Waals surface area contributed by atoms with Gasteiger partial charge in [-0.25, -0.2) is 4.79 Å². The second-order valence-electron chi connectivity index (χ2n) is 4.77. The maximum Gasteiger partial charge on any atom is 0.326 e. The van der Waals surface area contributed by atoms with Crippen molar-refractivity contribution in [2.24, 2.45) is 5.92 Å². The van der Waals surface area contributed by atoms with E-state index in [1.807, 2.05) is 0 Å². The fourth-order valence-corrected chi connectivity index (χ4v) is 1.38. The number of nitrogens with one attached hydrogen (secondary N) is 1. The number of carbonyl (C=O) groups excluding carboxylic acids is 2. The predicted octanol–water partition coefficient (Wildman–Crippen LogP) is 0.470. The lowest BCUT2D eigenvalue weighted by Gasteiger charge is -2.17. The maximum absolute atomic E-state index is 11.5. The minimum atomic E-state index is -1.04. The van der Waals surface area contributed by atoms with Crippen molar-refractivity contribution in [3.63, 3.8) is 0 Å². The molecule has 0 aromatic carbocycles. The van der Waals surface area contributed by atoms with E-state index in [1.54, 1.807) is 27.9 Å². The van der Waals surface area contributed by atoms with Crippen LogP contribution in [0.3, 0.4) is 0 Å². The molecule has 6 nitrogen and oxygen atoms in total. The molecule has 0 aliphatic heterocycles. The fourth-order valence-electron chi connectivity index (χ4n) is 1.38. The van der Waals surface area contributed by atoms with E-state index in [0.29, 0.717) is 12.8 Å². The number of aliphatic carboxylic acids is 1. The lowest BCUT2D eigenvalue weighted by atomic mass is 10.0. The lowest BCUT2D eigenvalue weighted by molar-refractivity contribution is -0.143. The van der Waals surface area contributed by atoms with Crippen molar-refractivity contribution >= 4 is 17.8 Å². The normalized spacial score (nSPS) is 12.1. The maximum atomic E-state index is 11.5. The third kappa shape index (κ3) is 6.22. The average Bonchev–Trinajstić information content (AvgIpc) is 2.24. The summed E-state index contributed by atoms with van der Waals surface area (Å²) in [6.45, 7) is 3.46. The fraction of sp³-hybridized carbons (Fsp3) is 0.750. The van der Waals surface area contributed by atoms with Crippen LogP contribution < -0.4 is 5.32 Å². The largest absolute Gasteiger partial charge is 0.480 e. The molecule has 0 aromatic heterocycles. The molecule has 0 spiro atoms. The summed E-state index contributed by atoms with van der Waals surface area (Å²) in [6, 6.07) is -0.873. The van der Waals surface area contributed by atoms with Gasteiger partial charge in [0.1, 0.15) is 6.04 Å². The highest BCUT2D eigenvalue weighted by molar-refractivity contribution is 5.84. The molecule has 0 fully saturated rings. The number of carbonyl (C=O) groups is 3. The number of carboxylic acid groups (broad SMARTS) is 1. The van der Waals surface area contributed by atoms with Gasteiger partial charge in [-0.3, -0.25) is 9.59 Å². The van der Waals surface area contributed by atoms with Gasteiger partial charge < -0.3 is 15.3 Å². The van der Waals surface area contributed by atoms with Crippen LogP contribution in [0.4, 0.5) is 0 Å². The summed E-state index contributed by atoms with van der Waals surface area (Å²) in [5.74, 6) is -1.58. The summed E-state index contributed by atoms with van der Waals surface area (Å²) >= 11 is 0. The minimum absolute atomic E-state index is 0.0403. The summed E-state index contributed by atoms with van der Waals surface area (Å²) in [5.41, 5.74) is 0. The molecule has 1 unspecified atom stereocenters. The Bertz CT molecular complexity index is 313. The van der Waals surface area contributed by atoms with Crippen LogP contribution in [0.5, 0.6) is 0 Å². The molecular formula is C12H22N2O4. The Labute approximate surface area is 107 Å². The summed E-state index contributed by atoms with van der Waals surface area (Å²) in [5, 5.41) is 11.4. The Kier molecular flexibility index (Phi) is 7.00.